The van der Waals surface area contributed by atoms with Crippen molar-refractivity contribution in [2.45, 2.75) is 6.92 Å². The molecule has 1 saturated heterocycles. The number of piperazine rings is 1. The van der Waals surface area contributed by atoms with Crippen LogP contribution in [0.5, 0.6) is 0 Å². The van der Waals surface area contributed by atoms with Crippen LogP contribution in [0.1, 0.15) is 6.92 Å². The number of nitrogens with zero attached hydrogens (tertiary/aromatic N) is 3. The first-order valence-corrected chi connectivity index (χ1v) is 9.68. The van der Waals surface area contributed by atoms with E-state index in [4.69, 9.17) is 11.6 Å². The second-order valence-electron chi connectivity index (χ2n) is 5.61. The molecule has 0 aliphatic carbocycles. The van der Waals surface area contributed by atoms with Crippen molar-refractivity contribution in [3.63, 3.8) is 0 Å². The molecule has 1 aliphatic heterocycles. The molecule has 0 atom stereocenters. The number of rotatable bonds is 4. The van der Waals surface area contributed by atoms with Gasteiger partial charge in [-0.1, -0.05) is 23.7 Å². The Morgan fingerprint density at radius 3 is 2.17 bits per heavy atom. The van der Waals surface area contributed by atoms with Crippen molar-refractivity contribution in [1.29, 1.82) is 0 Å². The molecule has 0 radical (unpaired) electrons. The SMILES string of the molecule is CC(=O)N1CCN(C(=O)CN(c2ccccc2Cl)S(C)(=O)=O)CC1. The van der Waals surface area contributed by atoms with Gasteiger partial charge in [-0.05, 0) is 12.1 Å². The van der Waals surface area contributed by atoms with Crippen molar-refractivity contribution < 1.29 is 18.0 Å². The molecule has 132 valence electrons. The van der Waals surface area contributed by atoms with Crippen LogP contribution >= 0.6 is 11.6 Å². The number of anilines is 1. The minimum Gasteiger partial charge on any atom is -0.339 e. The third-order valence-corrected chi connectivity index (χ3v) is 5.32. The summed E-state index contributed by atoms with van der Waals surface area (Å²) in [6, 6.07) is 6.49. The molecule has 1 fully saturated rings. The number of para-hydroxylation sites is 1. The van der Waals surface area contributed by atoms with Gasteiger partial charge in [0.05, 0.1) is 17.0 Å². The number of hydrogen-bond acceptors (Lipinski definition) is 4. The van der Waals surface area contributed by atoms with Crippen molar-refractivity contribution in [2.75, 3.05) is 43.3 Å². The van der Waals surface area contributed by atoms with E-state index in [0.29, 0.717) is 26.2 Å². The largest absolute Gasteiger partial charge is 0.339 e. The molecular formula is C15H20ClN3O4S. The zero-order chi connectivity index (χ0) is 17.9. The molecule has 2 rings (SSSR count). The van der Waals surface area contributed by atoms with Gasteiger partial charge in [0.15, 0.2) is 0 Å². The standard InChI is InChI=1S/C15H20ClN3O4S/c1-12(20)17-7-9-18(10-8-17)15(21)11-19(24(2,22)23)14-6-4-3-5-13(14)16/h3-6H,7-11H2,1-2H3. The summed E-state index contributed by atoms with van der Waals surface area (Å²) in [7, 11) is -3.66. The molecule has 0 spiro atoms. The first-order chi connectivity index (χ1) is 11.2. The topological polar surface area (TPSA) is 78.0 Å². The highest BCUT2D eigenvalue weighted by atomic mass is 35.5. The van der Waals surface area contributed by atoms with E-state index in [9.17, 15) is 18.0 Å². The normalized spacial score (nSPS) is 15.3. The van der Waals surface area contributed by atoms with E-state index in [1.807, 2.05) is 0 Å². The second-order valence-corrected chi connectivity index (χ2v) is 7.92. The molecular weight excluding hydrogens is 354 g/mol. The van der Waals surface area contributed by atoms with Crippen molar-refractivity contribution in [2.24, 2.45) is 0 Å². The molecule has 9 heteroatoms. The number of benzene rings is 1. The van der Waals surface area contributed by atoms with Gasteiger partial charge in [-0.2, -0.15) is 0 Å². The number of halogens is 1. The molecule has 0 N–H and O–H groups in total. The summed E-state index contributed by atoms with van der Waals surface area (Å²) in [5.41, 5.74) is 0.275. The third-order valence-electron chi connectivity index (χ3n) is 3.88. The maximum atomic E-state index is 12.5. The van der Waals surface area contributed by atoms with Crippen molar-refractivity contribution in [3.05, 3.63) is 29.3 Å². The fraction of sp³-hybridized carbons (Fsp3) is 0.467. The van der Waals surface area contributed by atoms with E-state index in [0.717, 1.165) is 10.6 Å². The summed E-state index contributed by atoms with van der Waals surface area (Å²) in [6.45, 7) is 2.85. The van der Waals surface area contributed by atoms with Gasteiger partial charge >= 0.3 is 0 Å². The first-order valence-electron chi connectivity index (χ1n) is 7.45. The Morgan fingerprint density at radius 1 is 1.12 bits per heavy atom. The van der Waals surface area contributed by atoms with Crippen LogP contribution in [0.15, 0.2) is 24.3 Å². The number of sulfonamides is 1. The second kappa shape index (κ2) is 7.40. The summed E-state index contributed by atoms with van der Waals surface area (Å²) in [5, 5.41) is 0.261. The van der Waals surface area contributed by atoms with Gasteiger partial charge in [0.25, 0.3) is 0 Å². The van der Waals surface area contributed by atoms with Gasteiger partial charge in [0.2, 0.25) is 21.8 Å². The monoisotopic (exact) mass is 373 g/mol. The van der Waals surface area contributed by atoms with E-state index in [1.54, 1.807) is 34.1 Å². The van der Waals surface area contributed by atoms with Crippen molar-refractivity contribution in [1.82, 2.24) is 9.80 Å². The summed E-state index contributed by atoms with van der Waals surface area (Å²) in [6.07, 6.45) is 1.04. The average Bonchev–Trinajstić information content (AvgIpc) is 2.52. The highest BCUT2D eigenvalue weighted by Crippen LogP contribution is 2.27. The Morgan fingerprint density at radius 2 is 1.67 bits per heavy atom. The summed E-state index contributed by atoms with van der Waals surface area (Å²) in [4.78, 5) is 27.0. The number of carbonyl (C=O) groups excluding carboxylic acids is 2. The zero-order valence-corrected chi connectivity index (χ0v) is 15.2. The lowest BCUT2D eigenvalue weighted by molar-refractivity contribution is -0.137. The lowest BCUT2D eigenvalue weighted by atomic mass is 10.3. The highest BCUT2D eigenvalue weighted by Gasteiger charge is 2.27. The average molecular weight is 374 g/mol. The summed E-state index contributed by atoms with van der Waals surface area (Å²) >= 11 is 6.07. The molecule has 2 amide bonds. The van der Waals surface area contributed by atoms with Crippen LogP contribution in [0.3, 0.4) is 0 Å². The smallest absolute Gasteiger partial charge is 0.243 e. The van der Waals surface area contributed by atoms with Gasteiger partial charge in [-0.3, -0.25) is 13.9 Å². The lowest BCUT2D eigenvalue weighted by Gasteiger charge is -2.35. The minimum atomic E-state index is -3.66. The Balaban J connectivity index is 2.12. The number of amides is 2. The van der Waals surface area contributed by atoms with Crippen LogP contribution in [-0.2, 0) is 19.6 Å². The van der Waals surface area contributed by atoms with Gasteiger partial charge in [-0.25, -0.2) is 8.42 Å². The van der Waals surface area contributed by atoms with E-state index in [2.05, 4.69) is 0 Å². The maximum Gasteiger partial charge on any atom is 0.243 e. The molecule has 0 bridgehead atoms. The number of hydrogen-bond donors (Lipinski definition) is 0. The van der Waals surface area contributed by atoms with Gasteiger partial charge in [0.1, 0.15) is 6.54 Å². The van der Waals surface area contributed by atoms with Gasteiger partial charge < -0.3 is 9.80 Å². The van der Waals surface area contributed by atoms with E-state index >= 15 is 0 Å². The molecule has 0 saturated carbocycles. The summed E-state index contributed by atoms with van der Waals surface area (Å²) < 4.78 is 25.2. The summed E-state index contributed by atoms with van der Waals surface area (Å²) in [5.74, 6) is -0.348. The highest BCUT2D eigenvalue weighted by molar-refractivity contribution is 7.92. The molecule has 1 heterocycles. The number of carbonyl (C=O) groups is 2. The Kier molecular flexibility index (Phi) is 5.71. The van der Waals surface area contributed by atoms with E-state index in [1.165, 1.54) is 6.92 Å². The van der Waals surface area contributed by atoms with Crippen LogP contribution < -0.4 is 4.31 Å². The molecule has 0 aromatic heterocycles. The van der Waals surface area contributed by atoms with Crippen LogP contribution in [0, 0.1) is 0 Å². The van der Waals surface area contributed by atoms with Gasteiger partial charge in [-0.15, -0.1) is 0 Å². The quantitative estimate of drug-likeness (QED) is 0.782. The predicted molar refractivity (Wildman–Crippen MR) is 92.5 cm³/mol. The molecule has 1 aliphatic rings. The van der Waals surface area contributed by atoms with Crippen LogP contribution in [0.2, 0.25) is 5.02 Å². The van der Waals surface area contributed by atoms with Crippen molar-refractivity contribution >= 4 is 39.1 Å². The van der Waals surface area contributed by atoms with E-state index in [-0.39, 0.29) is 29.1 Å². The third kappa shape index (κ3) is 4.39. The zero-order valence-electron chi connectivity index (χ0n) is 13.6. The minimum absolute atomic E-state index is 0.0315. The molecule has 24 heavy (non-hydrogen) atoms. The predicted octanol–water partition coefficient (Wildman–Crippen LogP) is 0.797. The van der Waals surface area contributed by atoms with Gasteiger partial charge in [0, 0.05) is 33.1 Å². The van der Waals surface area contributed by atoms with Crippen molar-refractivity contribution in [3.8, 4) is 0 Å². The van der Waals surface area contributed by atoms with Crippen LogP contribution in [0.4, 0.5) is 5.69 Å². The molecule has 0 unspecified atom stereocenters. The fourth-order valence-electron chi connectivity index (χ4n) is 2.53. The fourth-order valence-corrected chi connectivity index (χ4v) is 3.68. The van der Waals surface area contributed by atoms with Crippen LogP contribution in [0.25, 0.3) is 0 Å². The first kappa shape index (κ1) is 18.5. The van der Waals surface area contributed by atoms with Crippen LogP contribution in [-0.4, -0.2) is 69.0 Å². The Bertz CT molecular complexity index is 730. The Hall–Kier alpha value is -1.80. The molecule has 1 aromatic rings. The molecule has 1 aromatic carbocycles. The molecule has 7 nitrogen and oxygen atoms in total. The Labute approximate surface area is 146 Å². The maximum absolute atomic E-state index is 12.5. The lowest BCUT2D eigenvalue weighted by Crippen LogP contribution is -2.52. The van der Waals surface area contributed by atoms with E-state index < -0.39 is 10.0 Å².